The largest absolute Gasteiger partial charge is 0.332 e. The van der Waals surface area contributed by atoms with Crippen molar-refractivity contribution in [3.8, 4) is 0 Å². The van der Waals surface area contributed by atoms with Crippen molar-refractivity contribution in [3.05, 3.63) is 26.6 Å². The van der Waals surface area contributed by atoms with Crippen LogP contribution in [0.4, 0.5) is 0 Å². The molecular weight excluding hydrogens is 358 g/mol. The molecule has 1 aliphatic heterocycles. The quantitative estimate of drug-likeness (QED) is 0.801. The Morgan fingerprint density at radius 1 is 1.07 bits per heavy atom. The molecule has 5 rings (SSSR count). The van der Waals surface area contributed by atoms with Crippen molar-refractivity contribution in [3.63, 3.8) is 0 Å². The van der Waals surface area contributed by atoms with Crippen LogP contribution in [0.2, 0.25) is 0 Å². The van der Waals surface area contributed by atoms with Gasteiger partial charge in [-0.05, 0) is 51.0 Å². The van der Waals surface area contributed by atoms with Gasteiger partial charge in [0.15, 0.2) is 0 Å². The maximum Gasteiger partial charge on any atom is 0.264 e. The normalized spacial score (nSPS) is 20.6. The third-order valence-electron chi connectivity index (χ3n) is 6.50. The van der Waals surface area contributed by atoms with Crippen molar-refractivity contribution < 1.29 is 4.79 Å². The second-order valence-corrected chi connectivity index (χ2v) is 9.41. The fraction of sp³-hybridized carbons (Fsp3) is 0.667. The first-order chi connectivity index (χ1) is 13.1. The summed E-state index contributed by atoms with van der Waals surface area (Å²) in [7, 11) is 0. The number of aromatic nitrogens is 2. The average Bonchev–Trinajstić information content (AvgIpc) is 3.30. The maximum absolute atomic E-state index is 13.5. The highest BCUT2D eigenvalue weighted by molar-refractivity contribution is 7.20. The van der Waals surface area contributed by atoms with Crippen molar-refractivity contribution in [1.82, 2.24) is 14.5 Å². The molecule has 0 aromatic carbocycles. The Kier molecular flexibility index (Phi) is 4.34. The summed E-state index contributed by atoms with van der Waals surface area (Å²) in [6, 6.07) is 0.802. The van der Waals surface area contributed by atoms with E-state index in [4.69, 9.17) is 4.98 Å². The van der Waals surface area contributed by atoms with Crippen LogP contribution in [-0.4, -0.2) is 32.4 Å². The summed E-state index contributed by atoms with van der Waals surface area (Å²) in [5.74, 6) is 1.05. The van der Waals surface area contributed by atoms with Gasteiger partial charge < -0.3 is 4.90 Å². The molecule has 1 amide bonds. The van der Waals surface area contributed by atoms with Gasteiger partial charge in [-0.25, -0.2) is 4.98 Å². The molecule has 0 unspecified atom stereocenters. The van der Waals surface area contributed by atoms with E-state index >= 15 is 0 Å². The Morgan fingerprint density at radius 3 is 2.56 bits per heavy atom. The van der Waals surface area contributed by atoms with Crippen LogP contribution >= 0.6 is 11.3 Å². The summed E-state index contributed by atoms with van der Waals surface area (Å²) in [6.07, 6.45) is 11.1. The molecule has 2 fully saturated rings. The smallest absolute Gasteiger partial charge is 0.264 e. The summed E-state index contributed by atoms with van der Waals surface area (Å²) >= 11 is 1.44. The monoisotopic (exact) mass is 385 g/mol. The third kappa shape index (κ3) is 2.93. The molecule has 27 heavy (non-hydrogen) atoms. The molecular formula is C21H27N3O2S. The molecule has 2 aliphatic carbocycles. The molecule has 6 heteroatoms. The number of hydrogen-bond donors (Lipinski definition) is 0. The van der Waals surface area contributed by atoms with Crippen LogP contribution < -0.4 is 5.56 Å². The second-order valence-electron chi connectivity index (χ2n) is 8.41. The number of thiophene rings is 1. The van der Waals surface area contributed by atoms with Crippen LogP contribution in [0.3, 0.4) is 0 Å². The van der Waals surface area contributed by atoms with Gasteiger partial charge in [0.2, 0.25) is 0 Å². The third-order valence-corrected chi connectivity index (χ3v) is 7.67. The molecule has 3 aliphatic rings. The number of amides is 1. The molecule has 0 spiro atoms. The van der Waals surface area contributed by atoms with Gasteiger partial charge in [-0.15, -0.1) is 11.3 Å². The Balaban J connectivity index is 1.59. The number of aryl methyl sites for hydroxylation is 2. The van der Waals surface area contributed by atoms with Gasteiger partial charge >= 0.3 is 0 Å². The highest BCUT2D eigenvalue weighted by atomic mass is 32.1. The molecule has 2 aromatic heterocycles. The minimum absolute atomic E-state index is 0.0588. The van der Waals surface area contributed by atoms with E-state index in [0.717, 1.165) is 79.0 Å². The van der Waals surface area contributed by atoms with E-state index < -0.39 is 0 Å². The summed E-state index contributed by atoms with van der Waals surface area (Å²) in [6.45, 7) is 2.70. The molecule has 0 bridgehead atoms. The van der Waals surface area contributed by atoms with E-state index in [1.807, 2.05) is 11.5 Å². The molecule has 0 radical (unpaired) electrons. The zero-order valence-corrected chi connectivity index (χ0v) is 16.8. The molecule has 0 atom stereocenters. The highest BCUT2D eigenvalue weighted by Gasteiger charge is 2.40. The van der Waals surface area contributed by atoms with E-state index in [2.05, 4.69) is 4.90 Å². The van der Waals surface area contributed by atoms with Gasteiger partial charge in [0, 0.05) is 25.0 Å². The molecule has 2 saturated carbocycles. The minimum atomic E-state index is 0.0588. The Morgan fingerprint density at radius 2 is 1.81 bits per heavy atom. The number of carbonyl (C=O) groups excluding carboxylic acids is 1. The lowest BCUT2D eigenvalue weighted by molar-refractivity contribution is 0.0669. The standard InChI is InChI=1S/C21H27N3O2S/c1-13-17-19(22-16-9-3-2-6-12-23(16)20(17)25)27-18(13)21(26)24(15-10-11-15)14-7-4-5-8-14/h14-15H,2-12H2,1H3. The maximum atomic E-state index is 13.5. The molecule has 5 nitrogen and oxygen atoms in total. The van der Waals surface area contributed by atoms with Crippen LogP contribution in [0, 0.1) is 6.92 Å². The zero-order valence-electron chi connectivity index (χ0n) is 16.0. The van der Waals surface area contributed by atoms with E-state index in [9.17, 15) is 9.59 Å². The second kappa shape index (κ2) is 6.73. The first-order valence-electron chi connectivity index (χ1n) is 10.5. The first-order valence-corrected chi connectivity index (χ1v) is 11.3. The van der Waals surface area contributed by atoms with E-state index in [1.54, 1.807) is 0 Å². The zero-order chi connectivity index (χ0) is 18.5. The van der Waals surface area contributed by atoms with Gasteiger partial charge in [0.25, 0.3) is 11.5 Å². The number of fused-ring (bicyclic) bond motifs is 2. The van der Waals surface area contributed by atoms with Gasteiger partial charge in [0.05, 0.1) is 10.3 Å². The molecule has 2 aromatic rings. The summed E-state index contributed by atoms with van der Waals surface area (Å²) < 4.78 is 1.86. The molecule has 144 valence electrons. The number of hydrogen-bond acceptors (Lipinski definition) is 4. The van der Waals surface area contributed by atoms with Crippen LogP contribution in [-0.2, 0) is 13.0 Å². The van der Waals surface area contributed by atoms with Gasteiger partial charge in [-0.2, -0.15) is 0 Å². The summed E-state index contributed by atoms with van der Waals surface area (Å²) in [4.78, 5) is 35.1. The topological polar surface area (TPSA) is 55.2 Å². The SMILES string of the molecule is Cc1c(C(=O)N(C2CCCC2)C2CC2)sc2nc3n(c(=O)c12)CCCCC3. The molecule has 3 heterocycles. The number of rotatable bonds is 3. The molecule has 0 N–H and O–H groups in total. The lowest BCUT2D eigenvalue weighted by atomic mass is 10.1. The van der Waals surface area contributed by atoms with Gasteiger partial charge in [-0.1, -0.05) is 19.3 Å². The van der Waals surface area contributed by atoms with Crippen molar-refractivity contribution in [2.45, 2.75) is 89.8 Å². The first kappa shape index (κ1) is 17.4. The lowest BCUT2D eigenvalue weighted by Crippen LogP contribution is -2.40. The fourth-order valence-corrected chi connectivity index (χ4v) is 6.03. The average molecular weight is 386 g/mol. The minimum Gasteiger partial charge on any atom is -0.332 e. The Labute approximate surface area is 163 Å². The van der Waals surface area contributed by atoms with E-state index in [0.29, 0.717) is 17.5 Å². The number of nitrogens with zero attached hydrogens (tertiary/aromatic N) is 3. The van der Waals surface area contributed by atoms with Crippen LogP contribution in [0.1, 0.15) is 78.8 Å². The van der Waals surface area contributed by atoms with E-state index in [1.165, 1.54) is 24.2 Å². The lowest BCUT2D eigenvalue weighted by Gasteiger charge is -2.29. The van der Waals surface area contributed by atoms with Crippen molar-refractivity contribution in [2.24, 2.45) is 0 Å². The number of carbonyl (C=O) groups is 1. The predicted molar refractivity (Wildman–Crippen MR) is 108 cm³/mol. The van der Waals surface area contributed by atoms with Crippen LogP contribution in [0.5, 0.6) is 0 Å². The van der Waals surface area contributed by atoms with Crippen molar-refractivity contribution in [2.75, 3.05) is 0 Å². The fourth-order valence-electron chi connectivity index (χ4n) is 4.90. The summed E-state index contributed by atoms with van der Waals surface area (Å²) in [5.41, 5.74) is 0.907. The van der Waals surface area contributed by atoms with Crippen LogP contribution in [0.25, 0.3) is 10.2 Å². The van der Waals surface area contributed by atoms with Crippen molar-refractivity contribution >= 4 is 27.5 Å². The molecule has 0 saturated heterocycles. The predicted octanol–water partition coefficient (Wildman–Crippen LogP) is 4.04. The van der Waals surface area contributed by atoms with Gasteiger partial charge in [-0.3, -0.25) is 14.2 Å². The Bertz CT molecular complexity index is 950. The van der Waals surface area contributed by atoms with Crippen LogP contribution in [0.15, 0.2) is 4.79 Å². The summed E-state index contributed by atoms with van der Waals surface area (Å²) in [5, 5.41) is 0.677. The van der Waals surface area contributed by atoms with E-state index in [-0.39, 0.29) is 11.5 Å². The van der Waals surface area contributed by atoms with Gasteiger partial charge in [0.1, 0.15) is 10.7 Å². The Hall–Kier alpha value is -1.69. The highest BCUT2D eigenvalue weighted by Crippen LogP contribution is 2.38. The van der Waals surface area contributed by atoms with Crippen molar-refractivity contribution in [1.29, 1.82) is 0 Å².